The van der Waals surface area contributed by atoms with Crippen LogP contribution in [0.2, 0.25) is 0 Å². The van der Waals surface area contributed by atoms with Crippen molar-refractivity contribution < 1.29 is 19.4 Å². The number of amides is 1. The van der Waals surface area contributed by atoms with Gasteiger partial charge in [0.1, 0.15) is 6.04 Å². The summed E-state index contributed by atoms with van der Waals surface area (Å²) in [5.41, 5.74) is 0.0178. The van der Waals surface area contributed by atoms with E-state index in [1.165, 1.54) is 19.8 Å². The highest BCUT2D eigenvalue weighted by Crippen LogP contribution is 2.44. The average molecular weight is 255 g/mol. The molecule has 2 N–H and O–H groups in total. The molecule has 2 atom stereocenters. The second kappa shape index (κ2) is 5.26. The molecule has 5 heteroatoms. The number of carboxylic acid groups (broad SMARTS) is 1. The lowest BCUT2D eigenvalue weighted by atomic mass is 9.97. The Hall–Kier alpha value is -1.10. The van der Waals surface area contributed by atoms with Gasteiger partial charge in [0.2, 0.25) is 5.91 Å². The van der Waals surface area contributed by atoms with Gasteiger partial charge in [-0.25, -0.2) is 4.79 Å². The van der Waals surface area contributed by atoms with Gasteiger partial charge in [0.25, 0.3) is 0 Å². The van der Waals surface area contributed by atoms with Gasteiger partial charge in [0, 0.05) is 13.3 Å². The lowest BCUT2D eigenvalue weighted by molar-refractivity contribution is -0.143. The molecule has 1 saturated carbocycles. The molecule has 0 aromatic carbocycles. The molecular formula is C13H21NO4. The van der Waals surface area contributed by atoms with Gasteiger partial charge in [-0.05, 0) is 25.7 Å². The number of carbonyl (C=O) groups excluding carboxylic acids is 1. The second-order valence-electron chi connectivity index (χ2n) is 5.50. The Kier molecular flexibility index (Phi) is 3.90. The molecule has 0 aromatic rings. The number of carbonyl (C=O) groups is 2. The lowest BCUT2D eigenvalue weighted by Crippen LogP contribution is -2.42. The minimum absolute atomic E-state index is 0.0178. The minimum atomic E-state index is -0.985. The Bertz CT molecular complexity index is 336. The SMILES string of the molecule is CC(=O)NC(CC1CCC2(CCCC2)O1)C(=O)O. The van der Waals surface area contributed by atoms with Crippen molar-refractivity contribution >= 4 is 11.9 Å². The first-order valence-electron chi connectivity index (χ1n) is 6.68. The van der Waals surface area contributed by atoms with Crippen LogP contribution in [0.4, 0.5) is 0 Å². The Morgan fingerprint density at radius 1 is 1.39 bits per heavy atom. The maximum atomic E-state index is 11.1. The summed E-state index contributed by atoms with van der Waals surface area (Å²) in [5.74, 6) is -1.29. The number of rotatable bonds is 4. The van der Waals surface area contributed by atoms with E-state index >= 15 is 0 Å². The zero-order valence-corrected chi connectivity index (χ0v) is 10.8. The smallest absolute Gasteiger partial charge is 0.326 e. The lowest BCUT2D eigenvalue weighted by Gasteiger charge is -2.25. The molecule has 18 heavy (non-hydrogen) atoms. The van der Waals surface area contributed by atoms with E-state index in [-0.39, 0.29) is 17.6 Å². The molecule has 1 spiro atoms. The summed E-state index contributed by atoms with van der Waals surface area (Å²) in [5, 5.41) is 11.5. The van der Waals surface area contributed by atoms with E-state index in [0.29, 0.717) is 6.42 Å². The average Bonchev–Trinajstić information content (AvgIpc) is 2.88. The normalized spacial score (nSPS) is 27.3. The van der Waals surface area contributed by atoms with Crippen molar-refractivity contribution in [2.75, 3.05) is 0 Å². The van der Waals surface area contributed by atoms with Crippen molar-refractivity contribution in [2.45, 2.75) is 69.6 Å². The number of ether oxygens (including phenoxy) is 1. The van der Waals surface area contributed by atoms with E-state index < -0.39 is 12.0 Å². The zero-order chi connectivity index (χ0) is 13.2. The van der Waals surface area contributed by atoms with Crippen LogP contribution in [0, 0.1) is 0 Å². The van der Waals surface area contributed by atoms with Gasteiger partial charge in [-0.15, -0.1) is 0 Å². The van der Waals surface area contributed by atoms with Gasteiger partial charge >= 0.3 is 5.97 Å². The Labute approximate surface area is 107 Å². The molecule has 1 aliphatic carbocycles. The molecule has 0 aromatic heterocycles. The van der Waals surface area contributed by atoms with Gasteiger partial charge in [-0.3, -0.25) is 4.79 Å². The van der Waals surface area contributed by atoms with Crippen molar-refractivity contribution in [1.82, 2.24) is 5.32 Å². The topological polar surface area (TPSA) is 75.6 Å². The van der Waals surface area contributed by atoms with Gasteiger partial charge in [0.05, 0.1) is 11.7 Å². The van der Waals surface area contributed by atoms with Crippen molar-refractivity contribution in [3.63, 3.8) is 0 Å². The number of nitrogens with one attached hydrogen (secondary N) is 1. The highest BCUT2D eigenvalue weighted by Gasteiger charge is 2.43. The Morgan fingerprint density at radius 2 is 2.06 bits per heavy atom. The first-order chi connectivity index (χ1) is 8.51. The summed E-state index contributed by atoms with van der Waals surface area (Å²) in [4.78, 5) is 22.0. The third-order valence-electron chi connectivity index (χ3n) is 4.03. The van der Waals surface area contributed by atoms with Gasteiger partial charge in [0.15, 0.2) is 0 Å². The molecule has 1 heterocycles. The van der Waals surface area contributed by atoms with Crippen LogP contribution >= 0.6 is 0 Å². The van der Waals surface area contributed by atoms with E-state index in [0.717, 1.165) is 25.7 Å². The largest absolute Gasteiger partial charge is 0.480 e. The van der Waals surface area contributed by atoms with E-state index in [1.54, 1.807) is 0 Å². The highest BCUT2D eigenvalue weighted by molar-refractivity contribution is 5.82. The number of hydrogen-bond acceptors (Lipinski definition) is 3. The van der Waals surface area contributed by atoms with Crippen molar-refractivity contribution in [2.24, 2.45) is 0 Å². The zero-order valence-electron chi connectivity index (χ0n) is 10.8. The predicted molar refractivity (Wildman–Crippen MR) is 65.2 cm³/mol. The van der Waals surface area contributed by atoms with Crippen LogP contribution in [0.3, 0.4) is 0 Å². The van der Waals surface area contributed by atoms with E-state index in [2.05, 4.69) is 5.32 Å². The fraction of sp³-hybridized carbons (Fsp3) is 0.846. The number of hydrogen-bond donors (Lipinski definition) is 2. The molecule has 1 amide bonds. The number of carboxylic acids is 1. The van der Waals surface area contributed by atoms with Crippen LogP contribution < -0.4 is 5.32 Å². The fourth-order valence-corrected chi connectivity index (χ4v) is 3.18. The summed E-state index contributed by atoms with van der Waals surface area (Å²) in [6.45, 7) is 1.34. The molecule has 2 fully saturated rings. The summed E-state index contributed by atoms with van der Waals surface area (Å²) in [6.07, 6.45) is 6.89. The van der Waals surface area contributed by atoms with Crippen LogP contribution in [-0.2, 0) is 14.3 Å². The quantitative estimate of drug-likeness (QED) is 0.797. The Morgan fingerprint density at radius 3 is 2.61 bits per heavy atom. The second-order valence-corrected chi connectivity index (χ2v) is 5.50. The minimum Gasteiger partial charge on any atom is -0.480 e. The molecule has 102 valence electrons. The summed E-state index contributed by atoms with van der Waals surface area (Å²) < 4.78 is 6.06. The Balaban J connectivity index is 1.88. The molecule has 5 nitrogen and oxygen atoms in total. The molecule has 2 aliphatic rings. The number of aliphatic carboxylic acids is 1. The molecule has 2 unspecified atom stereocenters. The standard InChI is InChI=1S/C13H21NO4/c1-9(15)14-11(12(16)17)8-10-4-7-13(18-10)5-2-3-6-13/h10-11H,2-8H2,1H3,(H,14,15)(H,16,17). The van der Waals surface area contributed by atoms with Gasteiger partial charge < -0.3 is 15.2 Å². The van der Waals surface area contributed by atoms with E-state index in [9.17, 15) is 9.59 Å². The maximum Gasteiger partial charge on any atom is 0.326 e. The van der Waals surface area contributed by atoms with E-state index in [1.807, 2.05) is 0 Å². The van der Waals surface area contributed by atoms with Gasteiger partial charge in [-0.1, -0.05) is 12.8 Å². The van der Waals surface area contributed by atoms with Crippen LogP contribution in [0.5, 0.6) is 0 Å². The van der Waals surface area contributed by atoms with Crippen molar-refractivity contribution in [3.05, 3.63) is 0 Å². The first-order valence-corrected chi connectivity index (χ1v) is 6.68. The first kappa shape index (κ1) is 13.3. The third-order valence-corrected chi connectivity index (χ3v) is 4.03. The molecule has 0 radical (unpaired) electrons. The van der Waals surface area contributed by atoms with Crippen LogP contribution in [0.1, 0.15) is 51.9 Å². The van der Waals surface area contributed by atoms with Crippen molar-refractivity contribution in [3.8, 4) is 0 Å². The summed E-state index contributed by atoms with van der Waals surface area (Å²) >= 11 is 0. The van der Waals surface area contributed by atoms with Crippen LogP contribution in [0.15, 0.2) is 0 Å². The maximum absolute atomic E-state index is 11.1. The highest BCUT2D eigenvalue weighted by atomic mass is 16.5. The molecule has 2 rings (SSSR count). The predicted octanol–water partition coefficient (Wildman–Crippen LogP) is 1.46. The van der Waals surface area contributed by atoms with Crippen LogP contribution in [0.25, 0.3) is 0 Å². The molecular weight excluding hydrogens is 234 g/mol. The fourth-order valence-electron chi connectivity index (χ4n) is 3.18. The summed E-state index contributed by atoms with van der Waals surface area (Å²) in [7, 11) is 0. The van der Waals surface area contributed by atoms with Crippen LogP contribution in [-0.4, -0.2) is 34.7 Å². The van der Waals surface area contributed by atoms with Gasteiger partial charge in [-0.2, -0.15) is 0 Å². The molecule has 1 saturated heterocycles. The van der Waals surface area contributed by atoms with E-state index in [4.69, 9.17) is 9.84 Å². The monoisotopic (exact) mass is 255 g/mol. The van der Waals surface area contributed by atoms with Crippen molar-refractivity contribution in [1.29, 1.82) is 0 Å². The molecule has 0 bridgehead atoms. The molecule has 1 aliphatic heterocycles. The third kappa shape index (κ3) is 3.02. The summed E-state index contributed by atoms with van der Waals surface area (Å²) in [6, 6.07) is -0.830.